The fraction of sp³-hybridized carbons (Fsp3) is 0.0714. The molecule has 13 aromatic carbocycles. The van der Waals surface area contributed by atoms with Crippen LogP contribution in [0.1, 0.15) is 49.9 Å². The van der Waals surface area contributed by atoms with Crippen molar-refractivity contribution in [2.75, 3.05) is 9.80 Å². The third kappa shape index (κ3) is 8.64. The lowest BCUT2D eigenvalue weighted by atomic mass is 9.80. The minimum Gasteiger partial charge on any atom is -0.311 e. The maximum absolute atomic E-state index is 2.53. The largest absolute Gasteiger partial charge is 0.311 e. The molecule has 0 spiro atoms. The predicted octanol–water partition coefficient (Wildman–Crippen LogP) is 23.0. The molecule has 0 amide bonds. The van der Waals surface area contributed by atoms with Gasteiger partial charge in [0.05, 0.1) is 11.2 Å². The highest BCUT2D eigenvalue weighted by molar-refractivity contribution is 6.09. The average molecular weight is 1110 g/mol. The summed E-state index contributed by atoms with van der Waals surface area (Å²) in [5, 5.41) is 3.71. The molecule has 2 aliphatic carbocycles. The Morgan fingerprint density at radius 3 is 1.22 bits per heavy atom. The van der Waals surface area contributed by atoms with Crippen LogP contribution in [0, 0.1) is 0 Å². The second-order valence-corrected chi connectivity index (χ2v) is 24.5. The monoisotopic (exact) mass is 1110 g/mol. The van der Waals surface area contributed by atoms with Crippen molar-refractivity contribution in [1.82, 2.24) is 4.57 Å². The summed E-state index contributed by atoms with van der Waals surface area (Å²) in [6, 6.07) is 114. The van der Waals surface area contributed by atoms with E-state index >= 15 is 0 Å². The first-order chi connectivity index (χ1) is 42.7. The summed E-state index contributed by atoms with van der Waals surface area (Å²) in [6.07, 6.45) is 0. The highest BCUT2D eigenvalue weighted by Gasteiger charge is 2.39. The van der Waals surface area contributed by atoms with E-state index in [-0.39, 0.29) is 10.8 Å². The molecule has 3 heteroatoms. The minimum atomic E-state index is -0.276. The van der Waals surface area contributed by atoms with Crippen molar-refractivity contribution < 1.29 is 0 Å². The van der Waals surface area contributed by atoms with Crippen LogP contribution in [0.3, 0.4) is 0 Å². The first kappa shape index (κ1) is 51.9. The first-order valence-electron chi connectivity index (χ1n) is 30.4. The highest BCUT2D eigenvalue weighted by Crippen LogP contribution is 2.56. The van der Waals surface area contributed by atoms with Crippen molar-refractivity contribution in [1.29, 1.82) is 0 Å². The van der Waals surface area contributed by atoms with E-state index in [0.717, 1.165) is 39.8 Å². The standard InChI is InChI=1S/C84H63N3/c1-83(2)76-51-62(63-38-48-73-74-54-75-80(55-79(74)84(3,4)77(73)52-63)87(69-41-36-57-24-20-21-29-61(57)50-69)82(60-27-14-7-15-28-60)81(75)59-25-12-6-13-26-59)37-47-71(76)72-49-46-70(53-78(72)83)86(66-39-34-58(35-40-66)56-22-10-5-11-23-56)68-44-42-67(43-45-68)85(64-30-16-8-17-31-64)65-32-18-9-19-33-65/h5-55H,1-4H3. The zero-order valence-electron chi connectivity index (χ0n) is 49.3. The lowest BCUT2D eigenvalue weighted by molar-refractivity contribution is 0.660. The zero-order valence-corrected chi connectivity index (χ0v) is 49.3. The third-order valence-corrected chi connectivity index (χ3v) is 18.7. The third-order valence-electron chi connectivity index (χ3n) is 18.7. The predicted molar refractivity (Wildman–Crippen MR) is 367 cm³/mol. The Labute approximate surface area is 510 Å². The van der Waals surface area contributed by atoms with Crippen molar-refractivity contribution in [3.63, 3.8) is 0 Å². The molecule has 16 rings (SSSR count). The molecule has 0 fully saturated rings. The van der Waals surface area contributed by atoms with Gasteiger partial charge in [-0.25, -0.2) is 0 Å². The van der Waals surface area contributed by atoms with Crippen LogP contribution in [0.4, 0.5) is 34.1 Å². The Kier molecular flexibility index (Phi) is 12.2. The van der Waals surface area contributed by atoms with Crippen molar-refractivity contribution in [2.45, 2.75) is 38.5 Å². The normalized spacial score (nSPS) is 13.2. The van der Waals surface area contributed by atoms with Crippen LogP contribution >= 0.6 is 0 Å². The Bertz CT molecular complexity index is 4890. The van der Waals surface area contributed by atoms with E-state index in [1.54, 1.807) is 0 Å². The highest BCUT2D eigenvalue weighted by atomic mass is 15.2. The van der Waals surface area contributed by atoms with Crippen LogP contribution in [0.5, 0.6) is 0 Å². The number of anilines is 6. The maximum atomic E-state index is 2.53. The van der Waals surface area contributed by atoms with Gasteiger partial charge in [-0.15, -0.1) is 0 Å². The Hall–Kier alpha value is -10.7. The van der Waals surface area contributed by atoms with Crippen LogP contribution in [0.25, 0.3) is 94.3 Å². The molecule has 0 atom stereocenters. The lowest BCUT2D eigenvalue weighted by Gasteiger charge is -2.29. The maximum Gasteiger partial charge on any atom is 0.0619 e. The van der Waals surface area contributed by atoms with E-state index in [0.29, 0.717) is 0 Å². The summed E-state index contributed by atoms with van der Waals surface area (Å²) in [5.41, 5.74) is 28.7. The fourth-order valence-corrected chi connectivity index (χ4v) is 14.3. The number of benzene rings is 13. The zero-order chi connectivity index (χ0) is 58.4. The molecule has 0 aliphatic heterocycles. The van der Waals surface area contributed by atoms with Crippen LogP contribution in [-0.4, -0.2) is 4.57 Å². The van der Waals surface area contributed by atoms with Crippen LogP contribution in [-0.2, 0) is 10.8 Å². The summed E-state index contributed by atoms with van der Waals surface area (Å²) in [4.78, 5) is 4.74. The molecule has 3 nitrogen and oxygen atoms in total. The number of rotatable bonds is 11. The average Bonchev–Trinajstić information content (AvgIpc) is 1.95. The molecule has 1 heterocycles. The van der Waals surface area contributed by atoms with Gasteiger partial charge in [0.2, 0.25) is 0 Å². The number of nitrogens with zero attached hydrogens (tertiary/aromatic N) is 3. The van der Waals surface area contributed by atoms with Crippen LogP contribution in [0.15, 0.2) is 309 Å². The van der Waals surface area contributed by atoms with Crippen molar-refractivity contribution in [3.05, 3.63) is 332 Å². The van der Waals surface area contributed by atoms with Gasteiger partial charge < -0.3 is 14.4 Å². The number of hydrogen-bond donors (Lipinski definition) is 0. The minimum absolute atomic E-state index is 0.271. The molecule has 2 aliphatic rings. The molecule has 0 unspecified atom stereocenters. The van der Waals surface area contributed by atoms with Gasteiger partial charge in [0, 0.05) is 61.6 Å². The van der Waals surface area contributed by atoms with E-state index < -0.39 is 0 Å². The molecule has 0 N–H and O–H groups in total. The Morgan fingerprint density at radius 2 is 0.655 bits per heavy atom. The molecule has 414 valence electrons. The second kappa shape index (κ2) is 20.5. The Morgan fingerprint density at radius 1 is 0.264 bits per heavy atom. The second-order valence-electron chi connectivity index (χ2n) is 24.5. The quantitative estimate of drug-likeness (QED) is 0.128. The van der Waals surface area contributed by atoms with E-state index in [2.05, 4.69) is 351 Å². The SMILES string of the molecule is CC1(C)c2cc(-c3ccc4c(c3)C(C)(C)c3cc5c(cc3-4)c(-c3ccccc3)c(-c3ccccc3)n5-c3ccc4ccccc4c3)ccc2-c2ccc(N(c3ccc(-c4ccccc4)cc3)c3ccc(N(c4ccccc4)c4ccccc4)cc3)cc21. The van der Waals surface area contributed by atoms with Crippen molar-refractivity contribution in [3.8, 4) is 72.6 Å². The smallest absolute Gasteiger partial charge is 0.0619 e. The fourth-order valence-electron chi connectivity index (χ4n) is 14.3. The van der Waals surface area contributed by atoms with Gasteiger partial charge in [0.1, 0.15) is 0 Å². The first-order valence-corrected chi connectivity index (χ1v) is 30.4. The summed E-state index contributed by atoms with van der Waals surface area (Å²) in [5.74, 6) is 0. The van der Waals surface area contributed by atoms with Gasteiger partial charge in [-0.3, -0.25) is 0 Å². The molecule has 14 aromatic rings. The molecule has 0 saturated heterocycles. The molecule has 87 heavy (non-hydrogen) atoms. The van der Waals surface area contributed by atoms with Crippen LogP contribution in [0.2, 0.25) is 0 Å². The van der Waals surface area contributed by atoms with Gasteiger partial charge in [0.25, 0.3) is 0 Å². The molecule has 0 saturated carbocycles. The number of aromatic nitrogens is 1. The lowest BCUT2D eigenvalue weighted by Crippen LogP contribution is -2.17. The number of hydrogen-bond acceptors (Lipinski definition) is 2. The van der Waals surface area contributed by atoms with Crippen molar-refractivity contribution in [2.24, 2.45) is 0 Å². The number of para-hydroxylation sites is 2. The summed E-state index contributed by atoms with van der Waals surface area (Å²) in [7, 11) is 0. The summed E-state index contributed by atoms with van der Waals surface area (Å²) < 4.78 is 2.53. The van der Waals surface area contributed by atoms with Crippen molar-refractivity contribution >= 4 is 55.8 Å². The molecule has 0 bridgehead atoms. The van der Waals surface area contributed by atoms with Gasteiger partial charge in [-0.1, -0.05) is 228 Å². The number of fused-ring (bicyclic) bond motifs is 8. The molecular weight excluding hydrogens is 1050 g/mol. The van der Waals surface area contributed by atoms with E-state index in [9.17, 15) is 0 Å². The van der Waals surface area contributed by atoms with Crippen LogP contribution < -0.4 is 9.80 Å². The van der Waals surface area contributed by atoms with Gasteiger partial charge in [0.15, 0.2) is 0 Å². The van der Waals surface area contributed by atoms with Gasteiger partial charge >= 0.3 is 0 Å². The molecular formula is C84H63N3. The van der Waals surface area contributed by atoms with Gasteiger partial charge in [-0.2, -0.15) is 0 Å². The Balaban J connectivity index is 0.774. The summed E-state index contributed by atoms with van der Waals surface area (Å²) in [6.45, 7) is 9.66. The van der Waals surface area contributed by atoms with E-state index in [1.165, 1.54) is 111 Å². The molecule has 1 aromatic heterocycles. The van der Waals surface area contributed by atoms with E-state index in [1.807, 2.05) is 0 Å². The summed E-state index contributed by atoms with van der Waals surface area (Å²) >= 11 is 0. The molecule has 0 radical (unpaired) electrons. The van der Waals surface area contributed by atoms with Gasteiger partial charge in [-0.05, 0) is 198 Å². The van der Waals surface area contributed by atoms with E-state index in [4.69, 9.17) is 0 Å². The topological polar surface area (TPSA) is 11.4 Å².